The molecule has 2 rings (SSSR count). The van der Waals surface area contributed by atoms with E-state index in [9.17, 15) is 4.79 Å². The van der Waals surface area contributed by atoms with Crippen molar-refractivity contribution in [2.75, 3.05) is 45.6 Å². The lowest BCUT2D eigenvalue weighted by Crippen LogP contribution is -2.34. The van der Waals surface area contributed by atoms with Gasteiger partial charge in [0, 0.05) is 25.3 Å². The number of hydrogen-bond donors (Lipinski definition) is 2. The molecule has 5 nitrogen and oxygen atoms in total. The Morgan fingerprint density at radius 1 is 1.48 bits per heavy atom. The molecule has 0 bridgehead atoms. The molecule has 1 heterocycles. The van der Waals surface area contributed by atoms with Crippen molar-refractivity contribution < 1.29 is 4.79 Å². The van der Waals surface area contributed by atoms with Crippen molar-refractivity contribution in [3.05, 3.63) is 29.8 Å². The molecule has 0 radical (unpaired) electrons. The highest BCUT2D eigenvalue weighted by Crippen LogP contribution is 2.16. The minimum Gasteiger partial charge on any atom is -0.326 e. The number of nitrogens with two attached hydrogens (primary N) is 1. The van der Waals surface area contributed by atoms with Crippen LogP contribution in [0.1, 0.15) is 12.0 Å². The molecule has 21 heavy (non-hydrogen) atoms. The van der Waals surface area contributed by atoms with Crippen molar-refractivity contribution in [3.8, 4) is 0 Å². The third-order valence-corrected chi connectivity index (χ3v) is 3.98. The summed E-state index contributed by atoms with van der Waals surface area (Å²) < 4.78 is 0. The average molecular weight is 290 g/mol. The van der Waals surface area contributed by atoms with Crippen LogP contribution in [0.2, 0.25) is 0 Å². The van der Waals surface area contributed by atoms with E-state index in [4.69, 9.17) is 5.73 Å². The normalized spacial score (nSPS) is 19.1. The quantitative estimate of drug-likeness (QED) is 0.819. The van der Waals surface area contributed by atoms with Gasteiger partial charge in [0.25, 0.3) is 0 Å². The average Bonchev–Trinajstić information content (AvgIpc) is 2.84. The topological polar surface area (TPSA) is 61.6 Å². The zero-order valence-corrected chi connectivity index (χ0v) is 13.0. The van der Waals surface area contributed by atoms with Gasteiger partial charge in [-0.2, -0.15) is 0 Å². The predicted molar refractivity (Wildman–Crippen MR) is 86.1 cm³/mol. The number of benzene rings is 1. The summed E-state index contributed by atoms with van der Waals surface area (Å²) in [4.78, 5) is 16.6. The Labute approximate surface area is 127 Å². The van der Waals surface area contributed by atoms with Gasteiger partial charge in [-0.1, -0.05) is 18.2 Å². The lowest BCUT2D eigenvalue weighted by Gasteiger charge is -2.20. The van der Waals surface area contributed by atoms with Crippen molar-refractivity contribution in [1.82, 2.24) is 9.80 Å². The highest BCUT2D eigenvalue weighted by Gasteiger charge is 2.21. The van der Waals surface area contributed by atoms with Gasteiger partial charge in [0.1, 0.15) is 0 Å². The Balaban J connectivity index is 1.81. The minimum absolute atomic E-state index is 0.0183. The molecule has 0 spiro atoms. The SMILES string of the molecule is CN1CCC(CN(C)CC(=O)Nc2ccccc2CN)C1. The lowest BCUT2D eigenvalue weighted by molar-refractivity contribution is -0.117. The van der Waals surface area contributed by atoms with E-state index in [0.717, 1.165) is 30.9 Å². The zero-order valence-electron chi connectivity index (χ0n) is 13.0. The van der Waals surface area contributed by atoms with E-state index < -0.39 is 0 Å². The van der Waals surface area contributed by atoms with Gasteiger partial charge in [0.2, 0.25) is 5.91 Å². The maximum Gasteiger partial charge on any atom is 0.238 e. The van der Waals surface area contributed by atoms with Gasteiger partial charge in [-0.05, 0) is 44.6 Å². The molecule has 1 aromatic carbocycles. The number of nitrogens with zero attached hydrogens (tertiary/aromatic N) is 2. The molecule has 1 aromatic rings. The highest BCUT2D eigenvalue weighted by atomic mass is 16.2. The summed E-state index contributed by atoms with van der Waals surface area (Å²) in [6.45, 7) is 4.10. The van der Waals surface area contributed by atoms with E-state index in [0.29, 0.717) is 19.0 Å². The van der Waals surface area contributed by atoms with Gasteiger partial charge >= 0.3 is 0 Å². The number of nitrogens with one attached hydrogen (secondary N) is 1. The van der Waals surface area contributed by atoms with Crippen LogP contribution in [0.4, 0.5) is 5.69 Å². The van der Waals surface area contributed by atoms with Crippen LogP contribution in [-0.4, -0.2) is 56.0 Å². The number of hydrogen-bond acceptors (Lipinski definition) is 4. The molecule has 0 aromatic heterocycles. The van der Waals surface area contributed by atoms with Gasteiger partial charge < -0.3 is 16.0 Å². The Hall–Kier alpha value is -1.43. The summed E-state index contributed by atoms with van der Waals surface area (Å²) in [6, 6.07) is 7.67. The molecule has 1 atom stereocenters. The number of carbonyl (C=O) groups excluding carboxylic acids is 1. The molecule has 3 N–H and O–H groups in total. The van der Waals surface area contributed by atoms with Gasteiger partial charge in [-0.15, -0.1) is 0 Å². The zero-order chi connectivity index (χ0) is 15.2. The largest absolute Gasteiger partial charge is 0.326 e. The van der Waals surface area contributed by atoms with Gasteiger partial charge in [-0.25, -0.2) is 0 Å². The highest BCUT2D eigenvalue weighted by molar-refractivity contribution is 5.92. The summed E-state index contributed by atoms with van der Waals surface area (Å²) >= 11 is 0. The van der Waals surface area contributed by atoms with E-state index in [1.165, 1.54) is 6.42 Å². The standard InChI is InChI=1S/C16H26N4O/c1-19-8-7-13(10-19)11-20(2)12-16(21)18-15-6-4-3-5-14(15)9-17/h3-6,13H,7-12,17H2,1-2H3,(H,18,21). The van der Waals surface area contributed by atoms with Gasteiger partial charge in [-0.3, -0.25) is 9.69 Å². The Bertz CT molecular complexity index is 477. The maximum absolute atomic E-state index is 12.1. The molecule has 1 aliphatic heterocycles. The molecular weight excluding hydrogens is 264 g/mol. The molecule has 116 valence electrons. The summed E-state index contributed by atoms with van der Waals surface area (Å²) in [7, 11) is 4.16. The Kier molecular flexibility index (Phi) is 5.73. The van der Waals surface area contributed by atoms with Crippen molar-refractivity contribution in [3.63, 3.8) is 0 Å². The first-order valence-electron chi connectivity index (χ1n) is 7.53. The first-order chi connectivity index (χ1) is 10.1. The first kappa shape index (κ1) is 15.9. The summed E-state index contributed by atoms with van der Waals surface area (Å²) in [6.07, 6.45) is 1.22. The van der Waals surface area contributed by atoms with E-state index in [2.05, 4.69) is 22.2 Å². The van der Waals surface area contributed by atoms with E-state index >= 15 is 0 Å². The summed E-state index contributed by atoms with van der Waals surface area (Å²) in [5.74, 6) is 0.689. The monoisotopic (exact) mass is 290 g/mol. The molecule has 1 amide bonds. The number of likely N-dealkylation sites (tertiary alicyclic amines) is 1. The second-order valence-electron chi connectivity index (χ2n) is 6.02. The molecule has 1 fully saturated rings. The van der Waals surface area contributed by atoms with Crippen LogP contribution in [0, 0.1) is 5.92 Å². The van der Waals surface area contributed by atoms with Crippen LogP contribution in [0.3, 0.4) is 0 Å². The Morgan fingerprint density at radius 3 is 2.90 bits per heavy atom. The first-order valence-corrected chi connectivity index (χ1v) is 7.53. The van der Waals surface area contributed by atoms with Crippen LogP contribution >= 0.6 is 0 Å². The molecule has 0 saturated carbocycles. The third-order valence-electron chi connectivity index (χ3n) is 3.98. The van der Waals surface area contributed by atoms with Crippen LogP contribution in [0.15, 0.2) is 24.3 Å². The van der Waals surface area contributed by atoms with Crippen molar-refractivity contribution in [2.45, 2.75) is 13.0 Å². The number of para-hydroxylation sites is 1. The molecular formula is C16H26N4O. The third kappa shape index (κ3) is 4.81. The number of anilines is 1. The van der Waals surface area contributed by atoms with Gasteiger partial charge in [0.15, 0.2) is 0 Å². The predicted octanol–water partition coefficient (Wildman–Crippen LogP) is 0.967. The number of carbonyl (C=O) groups is 1. The van der Waals surface area contributed by atoms with Crippen molar-refractivity contribution in [2.24, 2.45) is 11.7 Å². The maximum atomic E-state index is 12.1. The number of amides is 1. The molecule has 1 aliphatic rings. The minimum atomic E-state index is 0.0183. The second kappa shape index (κ2) is 7.54. The lowest BCUT2D eigenvalue weighted by atomic mass is 10.1. The van der Waals surface area contributed by atoms with E-state index in [1.54, 1.807) is 0 Å². The van der Waals surface area contributed by atoms with Crippen LogP contribution in [-0.2, 0) is 11.3 Å². The van der Waals surface area contributed by atoms with Crippen molar-refractivity contribution >= 4 is 11.6 Å². The Morgan fingerprint density at radius 2 is 2.24 bits per heavy atom. The molecule has 5 heteroatoms. The van der Waals surface area contributed by atoms with E-state index in [1.807, 2.05) is 31.3 Å². The fourth-order valence-electron chi connectivity index (χ4n) is 2.94. The molecule has 0 aliphatic carbocycles. The summed E-state index contributed by atoms with van der Waals surface area (Å²) in [5, 5.41) is 2.96. The van der Waals surface area contributed by atoms with Gasteiger partial charge in [0.05, 0.1) is 6.54 Å². The van der Waals surface area contributed by atoms with Crippen molar-refractivity contribution in [1.29, 1.82) is 0 Å². The van der Waals surface area contributed by atoms with E-state index in [-0.39, 0.29) is 5.91 Å². The smallest absolute Gasteiger partial charge is 0.238 e. The van der Waals surface area contributed by atoms with Crippen LogP contribution in [0.5, 0.6) is 0 Å². The second-order valence-corrected chi connectivity index (χ2v) is 6.02. The number of likely N-dealkylation sites (N-methyl/N-ethyl adjacent to an activating group) is 1. The molecule has 1 saturated heterocycles. The van der Waals surface area contributed by atoms with Crippen LogP contribution in [0.25, 0.3) is 0 Å². The number of rotatable bonds is 6. The fourth-order valence-corrected chi connectivity index (χ4v) is 2.94. The van der Waals surface area contributed by atoms with Crippen LogP contribution < -0.4 is 11.1 Å². The molecule has 1 unspecified atom stereocenters. The summed E-state index contributed by atoms with van der Waals surface area (Å²) in [5.41, 5.74) is 7.47. The fraction of sp³-hybridized carbons (Fsp3) is 0.562.